The third-order valence-corrected chi connectivity index (χ3v) is 7.83. The number of morpholine rings is 1. The van der Waals surface area contributed by atoms with E-state index in [0.29, 0.717) is 10.6 Å². The molecule has 5 unspecified atom stereocenters. The van der Waals surface area contributed by atoms with Crippen LogP contribution in [0, 0.1) is 5.92 Å². The highest BCUT2D eigenvalue weighted by Gasteiger charge is 2.54. The molecule has 7 N–H and O–H groups in total. The second kappa shape index (κ2) is 19.7. The molecule has 2 aliphatic heterocycles. The lowest BCUT2D eigenvalue weighted by Gasteiger charge is -2.29. The molecule has 21 heteroatoms. The predicted molar refractivity (Wildman–Crippen MR) is 175 cm³/mol. The van der Waals surface area contributed by atoms with Gasteiger partial charge in [0, 0.05) is 19.5 Å². The molecule has 6 amide bonds. The first kappa shape index (κ1) is 41.6. The van der Waals surface area contributed by atoms with E-state index < -0.39 is 116 Å². The molecule has 0 saturated carbocycles. The van der Waals surface area contributed by atoms with Crippen LogP contribution in [0.4, 0.5) is 4.79 Å². The van der Waals surface area contributed by atoms with E-state index in [2.05, 4.69) is 21.4 Å². The fourth-order valence-electron chi connectivity index (χ4n) is 5.00. The summed E-state index contributed by atoms with van der Waals surface area (Å²) in [5.74, 6) is -10.1. The number of carbonyl (C=O) groups is 9. The molecule has 2 saturated heterocycles. The number of carbonyl (C=O) groups excluding carboxylic acids is 6. The van der Waals surface area contributed by atoms with Crippen LogP contribution in [0.25, 0.3) is 0 Å². The Morgan fingerprint density at radius 1 is 0.830 bits per heavy atom. The van der Waals surface area contributed by atoms with Crippen LogP contribution >= 0.6 is 0 Å². The zero-order valence-electron chi connectivity index (χ0n) is 28.8. The van der Waals surface area contributed by atoms with Crippen molar-refractivity contribution in [3.63, 3.8) is 0 Å². The summed E-state index contributed by atoms with van der Waals surface area (Å²) >= 11 is 0. The molecular formula is C32H42N6O15. The second-order valence-electron chi connectivity index (χ2n) is 12.3. The summed E-state index contributed by atoms with van der Waals surface area (Å²) in [5, 5.41) is 35.1. The van der Waals surface area contributed by atoms with E-state index in [-0.39, 0.29) is 32.9 Å². The van der Waals surface area contributed by atoms with Gasteiger partial charge in [-0.1, -0.05) is 44.2 Å². The smallest absolute Gasteiger partial charge is 0.408 e. The zero-order valence-corrected chi connectivity index (χ0v) is 28.8. The molecule has 2 aliphatic rings. The number of epoxide rings is 1. The fourth-order valence-corrected chi connectivity index (χ4v) is 5.00. The Morgan fingerprint density at radius 2 is 1.47 bits per heavy atom. The molecule has 0 bridgehead atoms. The molecule has 1 aromatic rings. The molecule has 1 aromatic carbocycles. The number of hydrazine groups is 1. The van der Waals surface area contributed by atoms with Crippen molar-refractivity contribution in [2.45, 2.75) is 70.1 Å². The van der Waals surface area contributed by atoms with Crippen LogP contribution in [0.15, 0.2) is 30.3 Å². The molecule has 0 radical (unpaired) electrons. The second-order valence-corrected chi connectivity index (χ2v) is 12.3. The number of carboxylic acid groups (broad SMARTS) is 3. The van der Waals surface area contributed by atoms with Crippen LogP contribution in [-0.2, 0) is 59.2 Å². The minimum absolute atomic E-state index is 0.216. The Morgan fingerprint density at radius 3 is 2.06 bits per heavy atom. The van der Waals surface area contributed by atoms with Gasteiger partial charge in [-0.25, -0.2) is 9.80 Å². The lowest BCUT2D eigenvalue weighted by molar-refractivity contribution is -0.151. The molecule has 3 rings (SSSR count). The topological polar surface area (TPSA) is 300 Å². The van der Waals surface area contributed by atoms with E-state index in [1.807, 2.05) is 0 Å². The van der Waals surface area contributed by atoms with Crippen LogP contribution in [0.1, 0.15) is 38.7 Å². The third-order valence-electron chi connectivity index (χ3n) is 7.83. The van der Waals surface area contributed by atoms with Crippen molar-refractivity contribution >= 4 is 53.5 Å². The van der Waals surface area contributed by atoms with Gasteiger partial charge in [0.05, 0.1) is 19.6 Å². The van der Waals surface area contributed by atoms with Crippen molar-refractivity contribution in [3.05, 3.63) is 35.9 Å². The number of aliphatic carboxylic acids is 3. The first-order valence-electron chi connectivity index (χ1n) is 16.4. The van der Waals surface area contributed by atoms with Gasteiger partial charge in [0.15, 0.2) is 12.2 Å². The number of ether oxygens (including phenoxy) is 3. The van der Waals surface area contributed by atoms with Gasteiger partial charge in [0.25, 0.3) is 17.7 Å². The monoisotopic (exact) mass is 750 g/mol. The van der Waals surface area contributed by atoms with Gasteiger partial charge in [-0.3, -0.25) is 43.8 Å². The normalized spacial score (nSPS) is 18.0. The largest absolute Gasteiger partial charge is 0.481 e. The summed E-state index contributed by atoms with van der Waals surface area (Å²) < 4.78 is 15.5. The Bertz CT molecular complexity index is 1530. The van der Waals surface area contributed by atoms with Gasteiger partial charge in [-0.05, 0) is 17.9 Å². The van der Waals surface area contributed by atoms with E-state index in [9.17, 15) is 58.5 Å². The molecule has 290 valence electrons. The maximum Gasteiger partial charge on any atom is 0.408 e. The zero-order chi connectivity index (χ0) is 39.2. The van der Waals surface area contributed by atoms with Crippen molar-refractivity contribution in [2.24, 2.45) is 5.92 Å². The van der Waals surface area contributed by atoms with E-state index in [1.165, 1.54) is 18.7 Å². The molecule has 2 heterocycles. The van der Waals surface area contributed by atoms with Gasteiger partial charge >= 0.3 is 24.0 Å². The molecule has 0 spiro atoms. The van der Waals surface area contributed by atoms with Crippen molar-refractivity contribution in [2.75, 3.05) is 32.8 Å². The summed E-state index contributed by atoms with van der Waals surface area (Å²) in [4.78, 5) is 114. The molecule has 21 nitrogen and oxygen atoms in total. The molecule has 53 heavy (non-hydrogen) atoms. The summed E-state index contributed by atoms with van der Waals surface area (Å²) in [6.45, 7) is 2.78. The highest BCUT2D eigenvalue weighted by Crippen LogP contribution is 2.26. The summed E-state index contributed by atoms with van der Waals surface area (Å²) in [7, 11) is 0. The first-order chi connectivity index (χ1) is 25.1. The van der Waals surface area contributed by atoms with Gasteiger partial charge in [0.1, 0.15) is 31.3 Å². The van der Waals surface area contributed by atoms with Gasteiger partial charge < -0.3 is 50.4 Å². The van der Waals surface area contributed by atoms with Crippen LogP contribution in [-0.4, -0.2) is 142 Å². The number of hydrogen-bond acceptors (Lipinski definition) is 12. The maximum absolute atomic E-state index is 13.4. The number of carboxylic acids is 3. The Kier molecular flexibility index (Phi) is 15.5. The van der Waals surface area contributed by atoms with E-state index >= 15 is 0 Å². The average molecular weight is 751 g/mol. The van der Waals surface area contributed by atoms with Crippen molar-refractivity contribution in [1.29, 1.82) is 0 Å². The average Bonchev–Trinajstić information content (AvgIpc) is 3.91. The summed E-state index contributed by atoms with van der Waals surface area (Å²) in [6, 6.07) is 3.44. The van der Waals surface area contributed by atoms with Gasteiger partial charge in [-0.15, -0.1) is 0 Å². The number of alkyl carbamates (subject to hydrolysis) is 1. The summed E-state index contributed by atoms with van der Waals surface area (Å²) in [5.41, 5.74) is 2.72. The van der Waals surface area contributed by atoms with Crippen molar-refractivity contribution < 1.29 is 72.7 Å². The highest BCUT2D eigenvalue weighted by atomic mass is 16.6. The number of hydrogen-bond donors (Lipinski definition) is 7. The van der Waals surface area contributed by atoms with Crippen LogP contribution in [0.5, 0.6) is 0 Å². The highest BCUT2D eigenvalue weighted by molar-refractivity contribution is 5.98. The van der Waals surface area contributed by atoms with E-state index in [4.69, 9.17) is 14.2 Å². The van der Waals surface area contributed by atoms with Crippen LogP contribution < -0.4 is 21.4 Å². The lowest BCUT2D eigenvalue weighted by Crippen LogP contribution is -2.60. The molecule has 2 fully saturated rings. The first-order valence-corrected chi connectivity index (χ1v) is 16.4. The maximum atomic E-state index is 13.4. The number of amides is 6. The minimum atomic E-state index is -1.78. The molecule has 0 aromatic heterocycles. The molecule has 5 atom stereocenters. The van der Waals surface area contributed by atoms with Crippen molar-refractivity contribution in [3.8, 4) is 0 Å². The fraction of sp³-hybridized carbons (Fsp3) is 0.531. The standard InChI is InChI=1S/C32H42N6O15/c1-17(2)24(29(47)36-38(15-23(43)44)31(49)26-25(53-26)30(48)37-10-12-51-13-11-37)35-27(45)19(8-9-21(39)40)33-28(46)20(14-22(41)42)34-32(50)52-16-18-6-4-3-5-7-18/h3-7,17,19-20,24-26H,8-16H2,1-2H3,(H,33,46)(H,34,50)(H,35,45)(H,36,47)(H,39,40)(H,41,42)(H,43,44). The third kappa shape index (κ3) is 13.3. The summed E-state index contributed by atoms with van der Waals surface area (Å²) in [6.07, 6.45) is -5.92. The van der Waals surface area contributed by atoms with E-state index in [1.54, 1.807) is 30.3 Å². The van der Waals surface area contributed by atoms with Crippen LogP contribution in [0.3, 0.4) is 0 Å². The minimum Gasteiger partial charge on any atom is -0.481 e. The van der Waals surface area contributed by atoms with Gasteiger partial charge in [-0.2, -0.15) is 0 Å². The SMILES string of the molecule is CC(C)C(NC(=O)C(CCC(=O)O)NC(=O)C(CC(=O)O)NC(=O)OCc1ccccc1)C(=O)NN(CC(=O)O)C(=O)C1OC1C(=O)N1CCOCC1. The van der Waals surface area contributed by atoms with Crippen molar-refractivity contribution in [1.82, 2.24) is 31.3 Å². The number of benzene rings is 1. The number of nitrogens with zero attached hydrogens (tertiary/aromatic N) is 2. The number of rotatable bonds is 18. The molecule has 0 aliphatic carbocycles. The predicted octanol–water partition coefficient (Wildman–Crippen LogP) is -2.18. The number of nitrogens with one attached hydrogen (secondary N) is 4. The quantitative estimate of drug-likeness (QED) is 0.0620. The Balaban J connectivity index is 1.70. The lowest BCUT2D eigenvalue weighted by atomic mass is 10.0. The Labute approximate surface area is 302 Å². The van der Waals surface area contributed by atoms with E-state index in [0.717, 1.165) is 0 Å². The molecular weight excluding hydrogens is 708 g/mol. The van der Waals surface area contributed by atoms with Gasteiger partial charge in [0.2, 0.25) is 11.8 Å². The Hall–Kier alpha value is -5.83. The van der Waals surface area contributed by atoms with Crippen LogP contribution in [0.2, 0.25) is 0 Å².